The number of aliphatic hydroxyl groups excluding tert-OH is 1. The number of phenolic OH excluding ortho intramolecular Hbond substituents is 1. The number of halogens is 3. The summed E-state index contributed by atoms with van der Waals surface area (Å²) < 4.78 is 39.1. The number of hydrogen-bond acceptors (Lipinski definition) is 2. The topological polar surface area (TPSA) is 40.5 Å². The molecule has 1 rings (SSSR count). The first-order valence-electron chi connectivity index (χ1n) is 4.29. The van der Waals surface area contributed by atoms with Gasteiger partial charge in [0.1, 0.15) is 0 Å². The lowest BCUT2D eigenvalue weighted by atomic mass is 9.84. The number of aliphatic hydroxyl groups is 1. The molecule has 0 aromatic heterocycles. The third-order valence-corrected chi connectivity index (χ3v) is 2.22. The van der Waals surface area contributed by atoms with Crippen LogP contribution < -0.4 is 0 Å². The molecular formula is C10H11F3O2. The molecule has 84 valence electrons. The molecule has 2 nitrogen and oxygen atoms in total. The Labute approximate surface area is 85.0 Å². The zero-order chi connectivity index (χ0) is 11.8. The van der Waals surface area contributed by atoms with Crippen LogP contribution in [0.5, 0.6) is 5.75 Å². The van der Waals surface area contributed by atoms with Crippen LogP contribution in [0.3, 0.4) is 0 Å². The van der Waals surface area contributed by atoms with Gasteiger partial charge in [0.15, 0.2) is 23.2 Å². The van der Waals surface area contributed by atoms with E-state index in [0.717, 1.165) is 0 Å². The third-order valence-electron chi connectivity index (χ3n) is 2.22. The molecule has 0 aliphatic rings. The summed E-state index contributed by atoms with van der Waals surface area (Å²) in [6.45, 7) is 2.19. The van der Waals surface area contributed by atoms with Crippen molar-refractivity contribution in [3.8, 4) is 5.75 Å². The summed E-state index contributed by atoms with van der Waals surface area (Å²) in [5, 5.41) is 18.2. The van der Waals surface area contributed by atoms with Crippen molar-refractivity contribution in [3.63, 3.8) is 0 Å². The Kier molecular flexibility index (Phi) is 2.95. The lowest BCUT2D eigenvalue weighted by Crippen LogP contribution is -2.24. The van der Waals surface area contributed by atoms with Gasteiger partial charge in [-0.2, -0.15) is 0 Å². The van der Waals surface area contributed by atoms with Crippen molar-refractivity contribution >= 4 is 0 Å². The molecule has 0 heterocycles. The summed E-state index contributed by atoms with van der Waals surface area (Å²) in [5.74, 6) is -4.94. The van der Waals surface area contributed by atoms with Gasteiger partial charge in [0.2, 0.25) is 0 Å². The van der Waals surface area contributed by atoms with Crippen LogP contribution in [0.4, 0.5) is 13.2 Å². The molecule has 0 saturated carbocycles. The van der Waals surface area contributed by atoms with E-state index in [0.29, 0.717) is 0 Å². The molecule has 1 aromatic rings. The molecule has 15 heavy (non-hydrogen) atoms. The molecule has 0 aliphatic heterocycles. The maximum atomic E-state index is 13.3. The predicted octanol–water partition coefficient (Wildman–Crippen LogP) is 2.08. The molecule has 0 atom stereocenters. The van der Waals surface area contributed by atoms with Gasteiger partial charge in [-0.15, -0.1) is 0 Å². The Bertz CT molecular complexity index is 362. The maximum Gasteiger partial charge on any atom is 0.168 e. The van der Waals surface area contributed by atoms with E-state index in [2.05, 4.69) is 0 Å². The minimum absolute atomic E-state index is 0.265. The first-order valence-corrected chi connectivity index (χ1v) is 4.29. The van der Waals surface area contributed by atoms with Gasteiger partial charge in [-0.1, -0.05) is 13.8 Å². The van der Waals surface area contributed by atoms with Crippen molar-refractivity contribution < 1.29 is 23.4 Å². The van der Waals surface area contributed by atoms with Crippen molar-refractivity contribution in [2.24, 2.45) is 0 Å². The summed E-state index contributed by atoms with van der Waals surface area (Å²) in [6, 6.07) is 0.265. The SMILES string of the molecule is CC(C)(CO)c1c(O)c(F)cc(F)c1F. The van der Waals surface area contributed by atoms with Crippen LogP contribution in [0.1, 0.15) is 19.4 Å². The van der Waals surface area contributed by atoms with Crippen molar-refractivity contribution in [3.05, 3.63) is 29.1 Å². The van der Waals surface area contributed by atoms with Gasteiger partial charge in [-0.05, 0) is 0 Å². The zero-order valence-corrected chi connectivity index (χ0v) is 8.31. The van der Waals surface area contributed by atoms with E-state index in [4.69, 9.17) is 5.11 Å². The Morgan fingerprint density at radius 1 is 1.20 bits per heavy atom. The lowest BCUT2D eigenvalue weighted by molar-refractivity contribution is 0.209. The Hall–Kier alpha value is -1.23. The van der Waals surface area contributed by atoms with E-state index < -0.39 is 40.8 Å². The molecule has 2 N–H and O–H groups in total. The smallest absolute Gasteiger partial charge is 0.168 e. The minimum atomic E-state index is -1.39. The highest BCUT2D eigenvalue weighted by atomic mass is 19.2. The zero-order valence-electron chi connectivity index (χ0n) is 8.31. The number of benzene rings is 1. The molecule has 0 spiro atoms. The molecule has 0 saturated heterocycles. The maximum absolute atomic E-state index is 13.3. The van der Waals surface area contributed by atoms with Crippen molar-refractivity contribution in [2.75, 3.05) is 6.61 Å². The first-order chi connectivity index (χ1) is 6.81. The summed E-state index contributed by atoms with van der Waals surface area (Å²) in [4.78, 5) is 0. The van der Waals surface area contributed by atoms with E-state index in [9.17, 15) is 18.3 Å². The molecule has 0 unspecified atom stereocenters. The van der Waals surface area contributed by atoms with E-state index in [1.165, 1.54) is 13.8 Å². The van der Waals surface area contributed by atoms with Crippen molar-refractivity contribution in [1.29, 1.82) is 0 Å². The Morgan fingerprint density at radius 3 is 2.20 bits per heavy atom. The quantitative estimate of drug-likeness (QED) is 0.749. The van der Waals surface area contributed by atoms with E-state index in [1.54, 1.807) is 0 Å². The van der Waals surface area contributed by atoms with Crippen LogP contribution in [0, 0.1) is 17.5 Å². The molecule has 0 amide bonds. The Balaban J connectivity index is 3.53. The average molecular weight is 220 g/mol. The summed E-state index contributed by atoms with van der Waals surface area (Å²) in [7, 11) is 0. The fraction of sp³-hybridized carbons (Fsp3) is 0.400. The second-order valence-corrected chi connectivity index (χ2v) is 3.92. The number of aromatic hydroxyl groups is 1. The molecule has 5 heteroatoms. The highest BCUT2D eigenvalue weighted by Gasteiger charge is 2.31. The molecule has 0 fully saturated rings. The average Bonchev–Trinajstić information content (AvgIpc) is 2.15. The van der Waals surface area contributed by atoms with E-state index in [1.807, 2.05) is 0 Å². The van der Waals surface area contributed by atoms with Crippen LogP contribution in [0.15, 0.2) is 6.07 Å². The van der Waals surface area contributed by atoms with Gasteiger partial charge in [0, 0.05) is 17.0 Å². The number of hydrogen-bond donors (Lipinski definition) is 2. The second-order valence-electron chi connectivity index (χ2n) is 3.92. The van der Waals surface area contributed by atoms with Crippen LogP contribution in [-0.4, -0.2) is 16.8 Å². The Morgan fingerprint density at radius 2 is 1.73 bits per heavy atom. The predicted molar refractivity (Wildman–Crippen MR) is 48.1 cm³/mol. The standard InChI is InChI=1S/C10H11F3O2/c1-10(2,4-14)7-8(13)5(11)3-6(12)9(7)15/h3,14-15H,4H2,1-2H3. The fourth-order valence-corrected chi connectivity index (χ4v) is 1.28. The van der Waals surface area contributed by atoms with Crippen molar-refractivity contribution in [2.45, 2.75) is 19.3 Å². The fourth-order valence-electron chi connectivity index (χ4n) is 1.28. The van der Waals surface area contributed by atoms with Gasteiger partial charge in [-0.25, -0.2) is 13.2 Å². The van der Waals surface area contributed by atoms with Gasteiger partial charge >= 0.3 is 0 Å². The molecule has 0 radical (unpaired) electrons. The van der Waals surface area contributed by atoms with Gasteiger partial charge in [0.05, 0.1) is 6.61 Å². The number of phenols is 1. The van der Waals surface area contributed by atoms with E-state index in [-0.39, 0.29) is 6.07 Å². The minimum Gasteiger partial charge on any atom is -0.505 e. The van der Waals surface area contributed by atoms with Crippen molar-refractivity contribution in [1.82, 2.24) is 0 Å². The summed E-state index contributed by atoms with van der Waals surface area (Å²) in [6.07, 6.45) is 0. The monoisotopic (exact) mass is 220 g/mol. The third kappa shape index (κ3) is 1.92. The van der Waals surface area contributed by atoms with Gasteiger partial charge in [-0.3, -0.25) is 0 Å². The van der Waals surface area contributed by atoms with Crippen LogP contribution in [-0.2, 0) is 5.41 Å². The highest BCUT2D eigenvalue weighted by molar-refractivity contribution is 5.40. The lowest BCUT2D eigenvalue weighted by Gasteiger charge is -2.24. The molecule has 1 aromatic carbocycles. The molecule has 0 bridgehead atoms. The van der Waals surface area contributed by atoms with Crippen LogP contribution >= 0.6 is 0 Å². The van der Waals surface area contributed by atoms with Gasteiger partial charge < -0.3 is 10.2 Å². The van der Waals surface area contributed by atoms with Gasteiger partial charge in [0.25, 0.3) is 0 Å². The number of rotatable bonds is 2. The normalized spacial score (nSPS) is 11.9. The largest absolute Gasteiger partial charge is 0.505 e. The van der Waals surface area contributed by atoms with Crippen LogP contribution in [0.2, 0.25) is 0 Å². The molecular weight excluding hydrogens is 209 g/mol. The van der Waals surface area contributed by atoms with Crippen LogP contribution in [0.25, 0.3) is 0 Å². The first kappa shape index (κ1) is 11.8. The summed E-state index contributed by atoms with van der Waals surface area (Å²) in [5.41, 5.74) is -1.81. The van der Waals surface area contributed by atoms with E-state index >= 15 is 0 Å². The summed E-state index contributed by atoms with van der Waals surface area (Å²) >= 11 is 0. The second kappa shape index (κ2) is 3.73. The highest BCUT2D eigenvalue weighted by Crippen LogP contribution is 2.35. The molecule has 0 aliphatic carbocycles.